The maximum atomic E-state index is 12.8. The maximum Gasteiger partial charge on any atom is 0.338 e. The summed E-state index contributed by atoms with van der Waals surface area (Å²) in [6.45, 7) is 6.92. The number of carbonyl (C=O) groups excluding carboxylic acids is 3. The molecule has 1 atom stereocenters. The van der Waals surface area contributed by atoms with Crippen LogP contribution >= 0.6 is 0 Å². The molecule has 0 aromatic heterocycles. The van der Waals surface area contributed by atoms with Gasteiger partial charge in [0, 0.05) is 32.2 Å². The summed E-state index contributed by atoms with van der Waals surface area (Å²) in [6.07, 6.45) is 2.70. The van der Waals surface area contributed by atoms with Gasteiger partial charge in [-0.25, -0.2) is 4.79 Å². The first-order chi connectivity index (χ1) is 16.4. The first kappa shape index (κ1) is 24.0. The molecule has 180 valence electrons. The summed E-state index contributed by atoms with van der Waals surface area (Å²) in [5.74, 6) is -0.944. The zero-order valence-corrected chi connectivity index (χ0v) is 19.9. The third kappa shape index (κ3) is 5.65. The Morgan fingerprint density at radius 2 is 1.68 bits per heavy atom. The highest BCUT2D eigenvalue weighted by Gasteiger charge is 2.28. The van der Waals surface area contributed by atoms with Crippen LogP contribution in [0.2, 0.25) is 0 Å². The van der Waals surface area contributed by atoms with Crippen molar-refractivity contribution >= 4 is 17.8 Å². The maximum absolute atomic E-state index is 12.8. The summed E-state index contributed by atoms with van der Waals surface area (Å²) in [5, 5.41) is 0. The first-order valence-electron chi connectivity index (χ1n) is 12.0. The van der Waals surface area contributed by atoms with Crippen LogP contribution in [0.15, 0.2) is 48.5 Å². The van der Waals surface area contributed by atoms with Gasteiger partial charge >= 0.3 is 11.9 Å². The van der Waals surface area contributed by atoms with Crippen molar-refractivity contribution in [3.63, 3.8) is 0 Å². The van der Waals surface area contributed by atoms with Gasteiger partial charge in [-0.2, -0.15) is 0 Å². The van der Waals surface area contributed by atoms with Crippen LogP contribution in [0.4, 0.5) is 0 Å². The number of carbonyl (C=O) groups is 3. The molecule has 0 radical (unpaired) electrons. The van der Waals surface area contributed by atoms with Gasteiger partial charge in [-0.05, 0) is 68.5 Å². The normalized spacial score (nSPS) is 18.3. The van der Waals surface area contributed by atoms with Crippen LogP contribution < -0.4 is 4.74 Å². The largest absolute Gasteiger partial charge is 0.452 e. The summed E-state index contributed by atoms with van der Waals surface area (Å²) in [5.41, 5.74) is 2.54. The first-order valence-corrected chi connectivity index (χ1v) is 12.0. The molecule has 1 fully saturated rings. The Morgan fingerprint density at radius 1 is 0.971 bits per heavy atom. The lowest BCUT2D eigenvalue weighted by Crippen LogP contribution is -2.51. The van der Waals surface area contributed by atoms with E-state index in [0.29, 0.717) is 30.4 Å². The van der Waals surface area contributed by atoms with Crippen molar-refractivity contribution in [1.82, 2.24) is 9.80 Å². The Labute approximate surface area is 200 Å². The molecular formula is C27H32N2O5. The Balaban J connectivity index is 1.27. The molecule has 2 aromatic carbocycles. The Morgan fingerprint density at radius 3 is 2.38 bits per heavy atom. The fourth-order valence-electron chi connectivity index (χ4n) is 4.63. The predicted octanol–water partition coefficient (Wildman–Crippen LogP) is 3.42. The van der Waals surface area contributed by atoms with Crippen LogP contribution in [0, 0.1) is 0 Å². The quantitative estimate of drug-likeness (QED) is 0.482. The van der Waals surface area contributed by atoms with Gasteiger partial charge in [-0.15, -0.1) is 0 Å². The second-order valence-corrected chi connectivity index (χ2v) is 9.18. The van der Waals surface area contributed by atoms with E-state index in [1.165, 1.54) is 5.56 Å². The molecule has 1 heterocycles. The van der Waals surface area contributed by atoms with Crippen molar-refractivity contribution in [2.45, 2.75) is 45.1 Å². The van der Waals surface area contributed by atoms with Crippen LogP contribution in [0.5, 0.6) is 5.75 Å². The third-order valence-electron chi connectivity index (χ3n) is 6.69. The lowest BCUT2D eigenvalue weighted by atomic mass is 9.83. The molecule has 34 heavy (non-hydrogen) atoms. The fourth-order valence-corrected chi connectivity index (χ4v) is 4.63. The molecule has 0 bridgehead atoms. The smallest absolute Gasteiger partial charge is 0.338 e. The van der Waals surface area contributed by atoms with Crippen molar-refractivity contribution in [1.29, 1.82) is 0 Å². The SMILES string of the molecule is CC(C)N1CCN(C(=O)COC(=O)c2ccc(OC(=O)C3CCCc4ccccc43)cc2)CC1. The molecule has 0 saturated carbocycles. The third-order valence-corrected chi connectivity index (χ3v) is 6.69. The molecule has 1 saturated heterocycles. The highest BCUT2D eigenvalue weighted by molar-refractivity contribution is 5.91. The van der Waals surface area contributed by atoms with Crippen molar-refractivity contribution in [2.75, 3.05) is 32.8 Å². The number of piperazine rings is 1. The molecular weight excluding hydrogens is 432 g/mol. The second-order valence-electron chi connectivity index (χ2n) is 9.18. The van der Waals surface area contributed by atoms with E-state index in [1.54, 1.807) is 29.2 Å². The van der Waals surface area contributed by atoms with Gasteiger partial charge in [-0.1, -0.05) is 24.3 Å². The monoisotopic (exact) mass is 464 g/mol. The van der Waals surface area contributed by atoms with Crippen molar-refractivity contribution in [2.24, 2.45) is 0 Å². The molecule has 1 amide bonds. The number of hydrogen-bond acceptors (Lipinski definition) is 6. The lowest BCUT2D eigenvalue weighted by molar-refractivity contribution is -0.137. The standard InChI is InChI=1S/C27H32N2O5/c1-19(2)28-14-16-29(17-15-28)25(30)18-33-26(31)21-10-12-22(13-11-21)34-27(32)24-9-5-7-20-6-3-4-8-23(20)24/h3-4,6,8,10-13,19,24H,5,7,9,14-18H2,1-2H3. The van der Waals surface area contributed by atoms with Gasteiger partial charge in [0.1, 0.15) is 5.75 Å². The van der Waals surface area contributed by atoms with Gasteiger partial charge < -0.3 is 14.4 Å². The molecule has 2 aliphatic rings. The van der Waals surface area contributed by atoms with Crippen molar-refractivity contribution in [3.8, 4) is 5.75 Å². The number of amides is 1. The van der Waals surface area contributed by atoms with E-state index in [1.807, 2.05) is 18.2 Å². The zero-order chi connectivity index (χ0) is 24.1. The van der Waals surface area contributed by atoms with E-state index >= 15 is 0 Å². The predicted molar refractivity (Wildman–Crippen MR) is 128 cm³/mol. The molecule has 4 rings (SSSR count). The van der Waals surface area contributed by atoms with Crippen molar-refractivity contribution in [3.05, 3.63) is 65.2 Å². The fraction of sp³-hybridized carbons (Fsp3) is 0.444. The molecule has 7 heteroatoms. The summed E-state index contributed by atoms with van der Waals surface area (Å²) in [6, 6.07) is 14.7. The topological polar surface area (TPSA) is 76.2 Å². The minimum atomic E-state index is -0.576. The van der Waals surface area contributed by atoms with E-state index in [9.17, 15) is 14.4 Å². The highest BCUT2D eigenvalue weighted by atomic mass is 16.5. The summed E-state index contributed by atoms with van der Waals surface area (Å²) in [7, 11) is 0. The van der Waals surface area contributed by atoms with E-state index in [4.69, 9.17) is 9.47 Å². The van der Waals surface area contributed by atoms with Gasteiger partial charge in [0.05, 0.1) is 11.5 Å². The molecule has 0 N–H and O–H groups in total. The summed E-state index contributed by atoms with van der Waals surface area (Å²) < 4.78 is 10.8. The van der Waals surface area contributed by atoms with Crippen molar-refractivity contribution < 1.29 is 23.9 Å². The Bertz CT molecular complexity index is 1030. The number of ether oxygens (including phenoxy) is 2. The number of esters is 2. The molecule has 1 aliphatic carbocycles. The van der Waals surface area contributed by atoms with Crippen LogP contribution in [0.1, 0.15) is 54.1 Å². The van der Waals surface area contributed by atoms with Gasteiger partial charge in [0.25, 0.3) is 5.91 Å². The van der Waals surface area contributed by atoms with Crippen LogP contribution in [0.25, 0.3) is 0 Å². The van der Waals surface area contributed by atoms with E-state index in [-0.39, 0.29) is 24.4 Å². The molecule has 1 unspecified atom stereocenters. The number of benzene rings is 2. The number of aryl methyl sites for hydroxylation is 1. The number of rotatable bonds is 6. The number of fused-ring (bicyclic) bond motifs is 1. The minimum Gasteiger partial charge on any atom is -0.452 e. The van der Waals surface area contributed by atoms with E-state index in [0.717, 1.165) is 37.9 Å². The zero-order valence-electron chi connectivity index (χ0n) is 19.9. The Kier molecular flexibility index (Phi) is 7.63. The second kappa shape index (κ2) is 10.8. The Hall–Kier alpha value is -3.19. The number of hydrogen-bond donors (Lipinski definition) is 0. The lowest BCUT2D eigenvalue weighted by Gasteiger charge is -2.36. The van der Waals surface area contributed by atoms with Gasteiger partial charge in [0.2, 0.25) is 0 Å². The molecule has 7 nitrogen and oxygen atoms in total. The molecule has 1 aliphatic heterocycles. The average molecular weight is 465 g/mol. The summed E-state index contributed by atoms with van der Waals surface area (Å²) >= 11 is 0. The van der Waals surface area contributed by atoms with E-state index < -0.39 is 5.97 Å². The van der Waals surface area contributed by atoms with Crippen LogP contribution in [0.3, 0.4) is 0 Å². The van der Waals surface area contributed by atoms with Crippen LogP contribution in [-0.2, 0) is 20.7 Å². The highest BCUT2D eigenvalue weighted by Crippen LogP contribution is 2.32. The average Bonchev–Trinajstić information content (AvgIpc) is 2.87. The number of nitrogens with zero attached hydrogens (tertiary/aromatic N) is 2. The molecule has 2 aromatic rings. The van der Waals surface area contributed by atoms with Gasteiger partial charge in [-0.3, -0.25) is 14.5 Å². The summed E-state index contributed by atoms with van der Waals surface area (Å²) in [4.78, 5) is 41.6. The minimum absolute atomic E-state index is 0.185. The van der Waals surface area contributed by atoms with E-state index in [2.05, 4.69) is 24.8 Å². The van der Waals surface area contributed by atoms with Gasteiger partial charge in [0.15, 0.2) is 6.61 Å². The molecule has 0 spiro atoms. The van der Waals surface area contributed by atoms with Crippen LogP contribution in [-0.4, -0.2) is 66.5 Å².